The number of hydrogen-bond donors (Lipinski definition) is 0. The molecule has 0 amide bonds. The molecule has 0 heterocycles. The van der Waals surface area contributed by atoms with Gasteiger partial charge in [0, 0.05) is 0 Å². The first-order chi connectivity index (χ1) is 15.7. The van der Waals surface area contributed by atoms with Crippen LogP contribution in [-0.4, -0.2) is 25.0 Å². The van der Waals surface area contributed by atoms with Crippen molar-refractivity contribution in [1.29, 1.82) is 0 Å². The van der Waals surface area contributed by atoms with Crippen molar-refractivity contribution >= 4 is 18.4 Å². The summed E-state index contributed by atoms with van der Waals surface area (Å²) in [4.78, 5) is 0. The van der Waals surface area contributed by atoms with Crippen molar-refractivity contribution in [2.75, 3.05) is 6.61 Å². The number of rotatable bonds is 19. The van der Waals surface area contributed by atoms with Gasteiger partial charge in [0.25, 0.3) is 0 Å². The van der Waals surface area contributed by atoms with Gasteiger partial charge < -0.3 is 0 Å². The number of ether oxygens (including phenoxy) is 1. The van der Waals surface area contributed by atoms with E-state index >= 15 is 0 Å². The summed E-state index contributed by atoms with van der Waals surface area (Å²) in [7, 11) is 0. The van der Waals surface area contributed by atoms with Gasteiger partial charge in [-0.2, -0.15) is 0 Å². The second kappa shape index (κ2) is 19.8. The Balaban J connectivity index is 2.54. The molecular weight excluding hydrogens is 495 g/mol. The summed E-state index contributed by atoms with van der Waals surface area (Å²) in [6.45, 7) is 10.1. The van der Waals surface area contributed by atoms with Gasteiger partial charge in [0.05, 0.1) is 0 Å². The second-order valence-corrected chi connectivity index (χ2v) is 22.0. The minimum absolute atomic E-state index is 0.838. The molecule has 0 radical (unpaired) electrons. The van der Waals surface area contributed by atoms with E-state index in [-0.39, 0.29) is 0 Å². The molecule has 0 spiro atoms. The van der Waals surface area contributed by atoms with Crippen molar-refractivity contribution in [3.05, 3.63) is 29.8 Å². The van der Waals surface area contributed by atoms with E-state index in [1.807, 2.05) is 0 Å². The molecule has 2 heteroatoms. The SMILES string of the molecule is CCCCCCCCCCOc1ccc(C#[C][Sn]([CH2]CCC)([CH2]CCC)[CH2]CCC)cc1. The first-order valence-corrected chi connectivity index (χ1v) is 21.4. The van der Waals surface area contributed by atoms with Gasteiger partial charge in [-0.15, -0.1) is 0 Å². The Bertz CT molecular complexity index is 588. The van der Waals surface area contributed by atoms with Crippen molar-refractivity contribution < 1.29 is 4.74 Å². The van der Waals surface area contributed by atoms with E-state index in [9.17, 15) is 0 Å². The number of hydrogen-bond acceptors (Lipinski definition) is 1. The summed E-state index contributed by atoms with van der Waals surface area (Å²) < 4.78 is 14.3. The fourth-order valence-electron chi connectivity index (χ4n) is 4.37. The van der Waals surface area contributed by atoms with Gasteiger partial charge in [-0.3, -0.25) is 0 Å². The summed E-state index contributed by atoms with van der Waals surface area (Å²) in [6, 6.07) is 8.59. The molecule has 32 heavy (non-hydrogen) atoms. The van der Waals surface area contributed by atoms with Gasteiger partial charge in [-0.25, -0.2) is 0 Å². The Morgan fingerprint density at radius 1 is 0.594 bits per heavy atom. The van der Waals surface area contributed by atoms with Gasteiger partial charge in [0.2, 0.25) is 0 Å². The zero-order chi connectivity index (χ0) is 23.3. The van der Waals surface area contributed by atoms with E-state index in [0.29, 0.717) is 0 Å². The van der Waals surface area contributed by atoms with Crippen LogP contribution in [0, 0.1) is 9.86 Å². The van der Waals surface area contributed by atoms with E-state index in [0.717, 1.165) is 12.4 Å². The third kappa shape index (κ3) is 13.8. The Morgan fingerprint density at radius 3 is 1.56 bits per heavy atom. The third-order valence-electron chi connectivity index (χ3n) is 6.62. The van der Waals surface area contributed by atoms with Gasteiger partial charge >= 0.3 is 173 Å². The van der Waals surface area contributed by atoms with E-state index < -0.39 is 18.4 Å². The molecule has 1 aromatic rings. The quantitative estimate of drug-likeness (QED) is 0.0952. The van der Waals surface area contributed by atoms with Gasteiger partial charge in [0.15, 0.2) is 0 Å². The molecule has 1 rings (SSSR count). The van der Waals surface area contributed by atoms with Crippen molar-refractivity contribution in [1.82, 2.24) is 0 Å². The van der Waals surface area contributed by atoms with E-state index in [1.54, 1.807) is 0 Å². The molecule has 0 fully saturated rings. The van der Waals surface area contributed by atoms with Crippen molar-refractivity contribution in [2.24, 2.45) is 0 Å². The van der Waals surface area contributed by atoms with Crippen LogP contribution in [0.3, 0.4) is 0 Å². The van der Waals surface area contributed by atoms with Crippen LogP contribution in [0.15, 0.2) is 24.3 Å². The molecule has 0 aliphatic rings. The summed E-state index contributed by atoms with van der Waals surface area (Å²) in [5.74, 6) is 4.63. The van der Waals surface area contributed by atoms with Crippen LogP contribution in [0.1, 0.15) is 123 Å². The maximum atomic E-state index is 5.98. The molecule has 1 nitrogen and oxygen atoms in total. The number of benzene rings is 1. The van der Waals surface area contributed by atoms with Crippen LogP contribution in [-0.2, 0) is 0 Å². The van der Waals surface area contributed by atoms with Crippen LogP contribution >= 0.6 is 0 Å². The van der Waals surface area contributed by atoms with Crippen molar-refractivity contribution in [3.63, 3.8) is 0 Å². The molecule has 0 aromatic heterocycles. The van der Waals surface area contributed by atoms with Crippen LogP contribution in [0.5, 0.6) is 5.75 Å². The monoisotopic (exact) mass is 548 g/mol. The fourth-order valence-corrected chi connectivity index (χ4v) is 17.6. The number of unbranched alkanes of at least 4 members (excludes halogenated alkanes) is 10. The molecule has 0 saturated heterocycles. The predicted octanol–water partition coefficient (Wildman–Crippen LogP) is 9.95. The van der Waals surface area contributed by atoms with Crippen molar-refractivity contribution in [2.45, 2.75) is 131 Å². The van der Waals surface area contributed by atoms with Gasteiger partial charge in [-0.05, 0) is 0 Å². The summed E-state index contributed by atoms with van der Waals surface area (Å²) in [5.41, 5.74) is 1.18. The minimum atomic E-state index is -2.36. The zero-order valence-corrected chi connectivity index (χ0v) is 24.8. The molecule has 0 saturated carbocycles. The van der Waals surface area contributed by atoms with Crippen LogP contribution in [0.4, 0.5) is 0 Å². The molecule has 0 N–H and O–H groups in total. The molecule has 182 valence electrons. The zero-order valence-electron chi connectivity index (χ0n) is 21.9. The van der Waals surface area contributed by atoms with Gasteiger partial charge in [0.1, 0.15) is 0 Å². The van der Waals surface area contributed by atoms with Crippen LogP contribution in [0.2, 0.25) is 13.3 Å². The first-order valence-electron chi connectivity index (χ1n) is 14.0. The van der Waals surface area contributed by atoms with Crippen molar-refractivity contribution in [3.8, 4) is 15.6 Å². The summed E-state index contributed by atoms with van der Waals surface area (Å²) >= 11 is -2.36. The average Bonchev–Trinajstić information content (AvgIpc) is 2.83. The van der Waals surface area contributed by atoms with Crippen LogP contribution < -0.4 is 4.74 Å². The molecule has 0 unspecified atom stereocenters. The fraction of sp³-hybridized carbons (Fsp3) is 0.733. The summed E-state index contributed by atoms with van der Waals surface area (Å²) in [5, 5.41) is 0. The second-order valence-electron chi connectivity index (χ2n) is 9.69. The topological polar surface area (TPSA) is 9.23 Å². The molecule has 0 aliphatic heterocycles. The predicted molar refractivity (Wildman–Crippen MR) is 146 cm³/mol. The molecular formula is C30H52OSn. The summed E-state index contributed by atoms with van der Waals surface area (Å²) in [6.07, 6.45) is 18.8. The van der Waals surface area contributed by atoms with E-state index in [4.69, 9.17) is 4.74 Å². The Labute approximate surface area is 205 Å². The van der Waals surface area contributed by atoms with Gasteiger partial charge in [-0.1, -0.05) is 32.6 Å². The molecule has 0 bridgehead atoms. The molecule has 0 aliphatic carbocycles. The van der Waals surface area contributed by atoms with E-state index in [2.05, 4.69) is 61.8 Å². The normalized spacial score (nSPS) is 11.2. The maximum absolute atomic E-state index is 5.98. The van der Waals surface area contributed by atoms with Crippen LogP contribution in [0.25, 0.3) is 0 Å². The Morgan fingerprint density at radius 2 is 1.06 bits per heavy atom. The third-order valence-corrected chi connectivity index (χ3v) is 19.7. The average molecular weight is 547 g/mol. The van der Waals surface area contributed by atoms with E-state index in [1.165, 1.54) is 109 Å². The molecule has 0 atom stereocenters. The standard InChI is InChI=1S/C18H25O.3C4H9.Sn/c1-3-5-6-7-8-9-10-11-16-19-18-14-12-17(4-2)13-15-18;3*1-3-4-2;/h12-15H,3,5-11,16H2,1H3;3*1,3-4H2,2H3;. The Kier molecular flexibility index (Phi) is 18.2. The molecule has 1 aromatic carbocycles. The first kappa shape index (κ1) is 29.4. The Hall–Kier alpha value is -0.621.